The van der Waals surface area contributed by atoms with Crippen LogP contribution in [0.4, 0.5) is 0 Å². The van der Waals surface area contributed by atoms with Crippen molar-refractivity contribution >= 4 is 21.9 Å². The molecule has 1 heterocycles. The second-order valence-electron chi connectivity index (χ2n) is 4.95. The summed E-state index contributed by atoms with van der Waals surface area (Å²) in [6.45, 7) is 2.97. The first-order chi connectivity index (χ1) is 8.63. The molecule has 1 saturated heterocycles. The molecule has 0 saturated carbocycles. The molecular formula is C14H18BrNO2. The minimum absolute atomic E-state index is 0.324. The Morgan fingerprint density at radius 3 is 2.72 bits per heavy atom. The second kappa shape index (κ2) is 6.34. The molecule has 0 radical (unpaired) electrons. The lowest BCUT2D eigenvalue weighted by molar-refractivity contribution is -0.138. The zero-order valence-corrected chi connectivity index (χ0v) is 11.9. The van der Waals surface area contributed by atoms with Crippen LogP contribution < -0.4 is 0 Å². The molecule has 18 heavy (non-hydrogen) atoms. The molecule has 0 bridgehead atoms. The van der Waals surface area contributed by atoms with E-state index in [1.165, 1.54) is 5.56 Å². The Morgan fingerprint density at radius 1 is 1.39 bits per heavy atom. The highest BCUT2D eigenvalue weighted by Gasteiger charge is 2.21. The van der Waals surface area contributed by atoms with E-state index in [9.17, 15) is 4.79 Å². The molecule has 1 aliphatic rings. The van der Waals surface area contributed by atoms with Crippen LogP contribution in [0.1, 0.15) is 24.8 Å². The van der Waals surface area contributed by atoms with E-state index in [1.807, 2.05) is 6.07 Å². The topological polar surface area (TPSA) is 40.5 Å². The van der Waals surface area contributed by atoms with Crippen LogP contribution in [0.2, 0.25) is 0 Å². The summed E-state index contributed by atoms with van der Waals surface area (Å²) in [6.07, 6.45) is 2.32. The van der Waals surface area contributed by atoms with Gasteiger partial charge in [-0.3, -0.25) is 9.69 Å². The Balaban J connectivity index is 1.81. The third-order valence-corrected chi connectivity index (χ3v) is 3.96. The van der Waals surface area contributed by atoms with Crippen molar-refractivity contribution in [2.45, 2.75) is 25.8 Å². The van der Waals surface area contributed by atoms with Crippen LogP contribution in [0, 0.1) is 5.92 Å². The van der Waals surface area contributed by atoms with Crippen LogP contribution in [0.3, 0.4) is 0 Å². The van der Waals surface area contributed by atoms with Gasteiger partial charge in [0.1, 0.15) is 0 Å². The smallest absolute Gasteiger partial charge is 0.303 e. The maximum atomic E-state index is 10.7. The molecule has 1 aromatic carbocycles. The number of halogens is 1. The Labute approximate surface area is 116 Å². The first-order valence-electron chi connectivity index (χ1n) is 6.32. The summed E-state index contributed by atoms with van der Waals surface area (Å²) < 4.78 is 1.11. The molecular weight excluding hydrogens is 294 g/mol. The predicted molar refractivity (Wildman–Crippen MR) is 74.4 cm³/mol. The monoisotopic (exact) mass is 311 g/mol. The van der Waals surface area contributed by atoms with E-state index in [1.54, 1.807) is 0 Å². The average Bonchev–Trinajstić information content (AvgIpc) is 2.31. The maximum absolute atomic E-state index is 10.7. The highest BCUT2D eigenvalue weighted by Crippen LogP contribution is 2.22. The van der Waals surface area contributed by atoms with E-state index < -0.39 is 5.97 Å². The average molecular weight is 312 g/mol. The molecule has 0 unspecified atom stereocenters. The summed E-state index contributed by atoms with van der Waals surface area (Å²) in [7, 11) is 0. The van der Waals surface area contributed by atoms with Gasteiger partial charge in [-0.1, -0.05) is 28.1 Å². The predicted octanol–water partition coefficient (Wildman–Crippen LogP) is 3.14. The number of aliphatic carboxylic acids is 1. The van der Waals surface area contributed by atoms with E-state index >= 15 is 0 Å². The van der Waals surface area contributed by atoms with Gasteiger partial charge in [-0.2, -0.15) is 0 Å². The third kappa shape index (κ3) is 4.10. The van der Waals surface area contributed by atoms with E-state index in [0.717, 1.165) is 36.9 Å². The van der Waals surface area contributed by atoms with Crippen molar-refractivity contribution in [3.63, 3.8) is 0 Å². The van der Waals surface area contributed by atoms with Gasteiger partial charge in [0.2, 0.25) is 0 Å². The first kappa shape index (κ1) is 13.6. The van der Waals surface area contributed by atoms with Crippen molar-refractivity contribution in [1.82, 2.24) is 4.90 Å². The van der Waals surface area contributed by atoms with Crippen molar-refractivity contribution in [3.8, 4) is 0 Å². The lowest BCUT2D eigenvalue weighted by Crippen LogP contribution is -2.33. The Morgan fingerprint density at radius 2 is 2.11 bits per heavy atom. The fourth-order valence-corrected chi connectivity index (χ4v) is 2.94. The summed E-state index contributed by atoms with van der Waals surface area (Å²) in [5.74, 6) is -0.304. The number of hydrogen-bond donors (Lipinski definition) is 1. The van der Waals surface area contributed by atoms with E-state index in [-0.39, 0.29) is 0 Å². The fourth-order valence-electron chi connectivity index (χ4n) is 2.49. The summed E-state index contributed by atoms with van der Waals surface area (Å²) in [5, 5.41) is 8.78. The Bertz CT molecular complexity index is 414. The zero-order valence-electron chi connectivity index (χ0n) is 10.3. The van der Waals surface area contributed by atoms with Crippen molar-refractivity contribution in [2.75, 3.05) is 13.1 Å². The number of carboxylic acid groups (broad SMARTS) is 1. The lowest BCUT2D eigenvalue weighted by Gasteiger charge is -2.31. The van der Waals surface area contributed by atoms with Crippen molar-refractivity contribution in [2.24, 2.45) is 5.92 Å². The quantitative estimate of drug-likeness (QED) is 0.928. The van der Waals surface area contributed by atoms with Crippen molar-refractivity contribution in [1.29, 1.82) is 0 Å². The number of benzene rings is 1. The molecule has 98 valence electrons. The molecule has 2 rings (SSSR count). The van der Waals surface area contributed by atoms with Gasteiger partial charge in [0, 0.05) is 17.4 Å². The van der Waals surface area contributed by atoms with Gasteiger partial charge in [-0.25, -0.2) is 0 Å². The van der Waals surface area contributed by atoms with E-state index in [4.69, 9.17) is 5.11 Å². The summed E-state index contributed by atoms with van der Waals surface area (Å²) in [6, 6.07) is 8.36. The molecule has 0 amide bonds. The number of carbonyl (C=O) groups is 1. The number of carboxylic acids is 1. The largest absolute Gasteiger partial charge is 0.481 e. The van der Waals surface area contributed by atoms with Crippen LogP contribution in [0.15, 0.2) is 28.7 Å². The first-order valence-corrected chi connectivity index (χ1v) is 7.11. The minimum atomic E-state index is -0.666. The molecule has 0 atom stereocenters. The van der Waals surface area contributed by atoms with Gasteiger partial charge in [0.05, 0.1) is 0 Å². The lowest BCUT2D eigenvalue weighted by atomic mass is 9.93. The van der Waals surface area contributed by atoms with E-state index in [0.29, 0.717) is 12.3 Å². The summed E-state index contributed by atoms with van der Waals surface area (Å²) >= 11 is 3.48. The summed E-state index contributed by atoms with van der Waals surface area (Å²) in [5.41, 5.74) is 1.31. The normalized spacial score (nSPS) is 17.8. The van der Waals surface area contributed by atoms with Gasteiger partial charge in [-0.15, -0.1) is 0 Å². The molecule has 0 aliphatic carbocycles. The molecule has 1 aliphatic heterocycles. The van der Waals surface area contributed by atoms with Crippen LogP contribution in [0.5, 0.6) is 0 Å². The van der Waals surface area contributed by atoms with Crippen molar-refractivity contribution < 1.29 is 9.90 Å². The number of likely N-dealkylation sites (tertiary alicyclic amines) is 1. The maximum Gasteiger partial charge on any atom is 0.303 e. The zero-order chi connectivity index (χ0) is 13.0. The molecule has 1 N–H and O–H groups in total. The Kier molecular flexibility index (Phi) is 4.78. The number of nitrogens with zero attached hydrogens (tertiary/aromatic N) is 1. The van der Waals surface area contributed by atoms with Crippen LogP contribution >= 0.6 is 15.9 Å². The Hall–Kier alpha value is -0.870. The molecule has 1 aromatic rings. The minimum Gasteiger partial charge on any atom is -0.481 e. The van der Waals surface area contributed by atoms with Gasteiger partial charge < -0.3 is 5.11 Å². The third-order valence-electron chi connectivity index (χ3n) is 3.47. The van der Waals surface area contributed by atoms with Gasteiger partial charge in [0.15, 0.2) is 0 Å². The van der Waals surface area contributed by atoms with Crippen molar-refractivity contribution in [3.05, 3.63) is 34.3 Å². The van der Waals surface area contributed by atoms with Gasteiger partial charge >= 0.3 is 5.97 Å². The summed E-state index contributed by atoms with van der Waals surface area (Å²) in [4.78, 5) is 13.1. The van der Waals surface area contributed by atoms with Gasteiger partial charge in [0.25, 0.3) is 0 Å². The SMILES string of the molecule is O=C(O)CC1CCN(Cc2cccc(Br)c2)CC1. The van der Waals surface area contributed by atoms with Crippen LogP contribution in [-0.4, -0.2) is 29.1 Å². The fraction of sp³-hybridized carbons (Fsp3) is 0.500. The molecule has 1 fully saturated rings. The second-order valence-corrected chi connectivity index (χ2v) is 5.86. The molecule has 3 nitrogen and oxygen atoms in total. The highest BCUT2D eigenvalue weighted by atomic mass is 79.9. The number of piperidine rings is 1. The highest BCUT2D eigenvalue weighted by molar-refractivity contribution is 9.10. The standard InChI is InChI=1S/C14H18BrNO2/c15-13-3-1-2-12(8-13)10-16-6-4-11(5-7-16)9-14(17)18/h1-3,8,11H,4-7,9-10H2,(H,17,18). The van der Waals surface area contributed by atoms with Gasteiger partial charge in [-0.05, 0) is 49.5 Å². The molecule has 0 spiro atoms. The molecule has 4 heteroatoms. The number of hydrogen-bond acceptors (Lipinski definition) is 2. The number of rotatable bonds is 4. The van der Waals surface area contributed by atoms with Crippen LogP contribution in [0.25, 0.3) is 0 Å². The van der Waals surface area contributed by atoms with E-state index in [2.05, 4.69) is 39.0 Å². The molecule has 0 aromatic heterocycles. The van der Waals surface area contributed by atoms with Crippen LogP contribution in [-0.2, 0) is 11.3 Å².